The van der Waals surface area contributed by atoms with Crippen molar-refractivity contribution in [3.05, 3.63) is 17.5 Å². The second-order valence-electron chi connectivity index (χ2n) is 5.43. The summed E-state index contributed by atoms with van der Waals surface area (Å²) < 4.78 is 2.08. The van der Waals surface area contributed by atoms with Gasteiger partial charge in [0.15, 0.2) is 0 Å². The molecule has 2 rings (SSSR count). The summed E-state index contributed by atoms with van der Waals surface area (Å²) in [6.45, 7) is 5.15. The smallest absolute Gasteiger partial charge is 0.0693 e. The summed E-state index contributed by atoms with van der Waals surface area (Å²) in [6, 6.07) is 4.80. The zero-order valence-corrected chi connectivity index (χ0v) is 11.6. The Hall–Kier alpha value is -1.30. The van der Waals surface area contributed by atoms with E-state index in [1.165, 1.54) is 25.0 Å². The van der Waals surface area contributed by atoms with Gasteiger partial charge in [-0.15, -0.1) is 0 Å². The molecule has 1 heterocycles. The van der Waals surface area contributed by atoms with Gasteiger partial charge in [-0.2, -0.15) is 10.4 Å². The van der Waals surface area contributed by atoms with Gasteiger partial charge in [0, 0.05) is 18.7 Å². The third-order valence-electron chi connectivity index (χ3n) is 4.14. The predicted octanol–water partition coefficient (Wildman–Crippen LogP) is 3.48. The average molecular weight is 245 g/mol. The van der Waals surface area contributed by atoms with Crippen LogP contribution in [0.5, 0.6) is 0 Å². The highest BCUT2D eigenvalue weighted by molar-refractivity contribution is 5.16. The molecule has 1 fully saturated rings. The van der Waals surface area contributed by atoms with Gasteiger partial charge in [-0.25, -0.2) is 0 Å². The van der Waals surface area contributed by atoms with Crippen molar-refractivity contribution in [1.82, 2.24) is 9.78 Å². The zero-order valence-electron chi connectivity index (χ0n) is 11.6. The van der Waals surface area contributed by atoms with Crippen molar-refractivity contribution in [2.75, 3.05) is 0 Å². The molecule has 0 radical (unpaired) electrons. The molecule has 0 amide bonds. The van der Waals surface area contributed by atoms with Crippen LogP contribution in [0.4, 0.5) is 0 Å². The van der Waals surface area contributed by atoms with Crippen molar-refractivity contribution in [1.29, 1.82) is 5.26 Å². The van der Waals surface area contributed by atoms with E-state index in [1.54, 1.807) is 0 Å². The van der Waals surface area contributed by atoms with Crippen LogP contribution in [0.15, 0.2) is 6.07 Å². The molecule has 1 aliphatic carbocycles. The number of aromatic nitrogens is 2. The highest BCUT2D eigenvalue weighted by Gasteiger charge is 2.33. The molecule has 18 heavy (non-hydrogen) atoms. The second kappa shape index (κ2) is 5.56. The highest BCUT2D eigenvalue weighted by Crippen LogP contribution is 2.38. The minimum absolute atomic E-state index is 0.129. The maximum absolute atomic E-state index is 9.55. The van der Waals surface area contributed by atoms with Gasteiger partial charge in [0.2, 0.25) is 0 Å². The van der Waals surface area contributed by atoms with E-state index >= 15 is 0 Å². The molecule has 0 aliphatic heterocycles. The van der Waals surface area contributed by atoms with Crippen LogP contribution < -0.4 is 0 Å². The number of rotatable bonds is 4. The summed E-state index contributed by atoms with van der Waals surface area (Å²) in [6.07, 6.45) is 7.66. The summed E-state index contributed by atoms with van der Waals surface area (Å²) in [5, 5.41) is 14.1. The van der Waals surface area contributed by atoms with E-state index in [-0.39, 0.29) is 5.41 Å². The van der Waals surface area contributed by atoms with Crippen molar-refractivity contribution in [2.45, 2.75) is 65.3 Å². The van der Waals surface area contributed by atoms with Gasteiger partial charge < -0.3 is 0 Å². The summed E-state index contributed by atoms with van der Waals surface area (Å²) in [5.74, 6) is 0. The first kappa shape index (κ1) is 13.1. The number of hydrogen-bond donors (Lipinski definition) is 0. The van der Waals surface area contributed by atoms with Gasteiger partial charge in [0.05, 0.1) is 17.2 Å². The van der Waals surface area contributed by atoms with Crippen LogP contribution in [-0.2, 0) is 19.4 Å². The second-order valence-corrected chi connectivity index (χ2v) is 5.43. The first-order chi connectivity index (χ1) is 8.73. The van der Waals surface area contributed by atoms with Crippen LogP contribution in [0, 0.1) is 16.7 Å². The SMILES string of the molecule is CCc1cc(CC2(C#N)CCCCC2)n(CC)n1. The molecule has 0 saturated heterocycles. The quantitative estimate of drug-likeness (QED) is 0.815. The van der Waals surface area contributed by atoms with Crippen LogP contribution in [0.25, 0.3) is 0 Å². The fraction of sp³-hybridized carbons (Fsp3) is 0.733. The van der Waals surface area contributed by atoms with Gasteiger partial charge >= 0.3 is 0 Å². The number of nitrogens with zero attached hydrogens (tertiary/aromatic N) is 3. The molecule has 0 bridgehead atoms. The Balaban J connectivity index is 2.21. The Labute approximate surface area is 110 Å². The van der Waals surface area contributed by atoms with Gasteiger partial charge in [-0.1, -0.05) is 26.2 Å². The lowest BCUT2D eigenvalue weighted by Gasteiger charge is -2.30. The molecule has 0 N–H and O–H groups in total. The molecule has 0 aromatic carbocycles. The first-order valence-corrected chi connectivity index (χ1v) is 7.20. The van der Waals surface area contributed by atoms with Crippen molar-refractivity contribution in [3.8, 4) is 6.07 Å². The lowest BCUT2D eigenvalue weighted by Crippen LogP contribution is -2.26. The highest BCUT2D eigenvalue weighted by atomic mass is 15.3. The molecule has 1 saturated carbocycles. The van der Waals surface area contributed by atoms with E-state index < -0.39 is 0 Å². The molecule has 3 nitrogen and oxygen atoms in total. The Morgan fingerprint density at radius 2 is 2.06 bits per heavy atom. The van der Waals surface area contributed by atoms with E-state index in [0.717, 1.165) is 37.9 Å². The zero-order chi connectivity index (χ0) is 13.0. The van der Waals surface area contributed by atoms with E-state index in [1.807, 2.05) is 0 Å². The standard InChI is InChI=1S/C15H23N3/c1-3-13-10-14(18(4-2)17-13)11-15(12-16)8-6-5-7-9-15/h10H,3-9,11H2,1-2H3. The third kappa shape index (κ3) is 2.58. The monoisotopic (exact) mass is 245 g/mol. The average Bonchev–Trinajstić information content (AvgIpc) is 2.82. The van der Waals surface area contributed by atoms with Crippen LogP contribution in [0.2, 0.25) is 0 Å². The molecule has 0 unspecified atom stereocenters. The van der Waals surface area contributed by atoms with Crippen LogP contribution in [0.1, 0.15) is 57.3 Å². The Morgan fingerprint density at radius 3 is 2.61 bits per heavy atom. The normalized spacial score (nSPS) is 18.5. The summed E-state index contributed by atoms with van der Waals surface area (Å²) >= 11 is 0. The molecule has 1 aromatic heterocycles. The Morgan fingerprint density at radius 1 is 1.33 bits per heavy atom. The minimum atomic E-state index is -0.129. The van der Waals surface area contributed by atoms with E-state index in [2.05, 4.69) is 35.8 Å². The Kier molecular flexibility index (Phi) is 4.06. The number of hydrogen-bond acceptors (Lipinski definition) is 2. The molecular weight excluding hydrogens is 222 g/mol. The topological polar surface area (TPSA) is 41.6 Å². The fourth-order valence-corrected chi connectivity index (χ4v) is 3.01. The first-order valence-electron chi connectivity index (χ1n) is 7.20. The van der Waals surface area contributed by atoms with Crippen molar-refractivity contribution in [3.63, 3.8) is 0 Å². The van der Waals surface area contributed by atoms with E-state index in [0.29, 0.717) is 0 Å². The lowest BCUT2D eigenvalue weighted by atomic mass is 9.72. The van der Waals surface area contributed by atoms with Crippen molar-refractivity contribution >= 4 is 0 Å². The van der Waals surface area contributed by atoms with Gasteiger partial charge in [-0.3, -0.25) is 4.68 Å². The van der Waals surface area contributed by atoms with Crippen LogP contribution in [0.3, 0.4) is 0 Å². The summed E-state index contributed by atoms with van der Waals surface area (Å²) in [4.78, 5) is 0. The molecule has 98 valence electrons. The fourth-order valence-electron chi connectivity index (χ4n) is 3.01. The van der Waals surface area contributed by atoms with Crippen molar-refractivity contribution < 1.29 is 0 Å². The third-order valence-corrected chi connectivity index (χ3v) is 4.14. The van der Waals surface area contributed by atoms with Crippen molar-refractivity contribution in [2.24, 2.45) is 5.41 Å². The Bertz CT molecular complexity index is 433. The van der Waals surface area contributed by atoms with Gasteiger partial charge in [0.25, 0.3) is 0 Å². The van der Waals surface area contributed by atoms with E-state index in [9.17, 15) is 5.26 Å². The maximum atomic E-state index is 9.55. The van der Waals surface area contributed by atoms with Crippen LogP contribution >= 0.6 is 0 Å². The molecule has 3 heteroatoms. The molecular formula is C15H23N3. The lowest BCUT2D eigenvalue weighted by molar-refractivity contribution is 0.260. The minimum Gasteiger partial charge on any atom is -0.270 e. The predicted molar refractivity (Wildman–Crippen MR) is 72.1 cm³/mol. The maximum Gasteiger partial charge on any atom is 0.0693 e. The van der Waals surface area contributed by atoms with E-state index in [4.69, 9.17) is 0 Å². The number of nitriles is 1. The summed E-state index contributed by atoms with van der Waals surface area (Å²) in [7, 11) is 0. The summed E-state index contributed by atoms with van der Waals surface area (Å²) in [5.41, 5.74) is 2.27. The number of aryl methyl sites for hydroxylation is 2. The van der Waals surface area contributed by atoms with Gasteiger partial charge in [-0.05, 0) is 32.3 Å². The van der Waals surface area contributed by atoms with Gasteiger partial charge in [0.1, 0.15) is 0 Å². The molecule has 0 spiro atoms. The van der Waals surface area contributed by atoms with Crippen LogP contribution in [-0.4, -0.2) is 9.78 Å². The molecule has 1 aromatic rings. The molecule has 1 aliphatic rings. The largest absolute Gasteiger partial charge is 0.270 e. The molecule has 0 atom stereocenters.